The van der Waals surface area contributed by atoms with Crippen LogP contribution in [0.1, 0.15) is 27.8 Å². The number of anilines is 1. The van der Waals surface area contributed by atoms with Gasteiger partial charge in [0.1, 0.15) is 17.9 Å². The lowest BCUT2D eigenvalue weighted by atomic mass is 10.0. The molecule has 2 heterocycles. The van der Waals surface area contributed by atoms with Gasteiger partial charge in [0.15, 0.2) is 11.5 Å². The average molecular weight is 511 g/mol. The van der Waals surface area contributed by atoms with Crippen molar-refractivity contribution >= 4 is 29.6 Å². The van der Waals surface area contributed by atoms with Gasteiger partial charge in [-0.15, -0.1) is 6.58 Å². The highest BCUT2D eigenvalue weighted by Gasteiger charge is 2.37. The normalized spacial score (nSPS) is 15.6. The van der Waals surface area contributed by atoms with Crippen LogP contribution < -0.4 is 24.4 Å². The summed E-state index contributed by atoms with van der Waals surface area (Å²) in [6.45, 7) is 8.10. The number of carbonyl (C=O) groups excluding carboxylic acids is 3. The summed E-state index contributed by atoms with van der Waals surface area (Å²) in [7, 11) is 0. The Hall–Kier alpha value is -4.85. The first-order chi connectivity index (χ1) is 18.3. The minimum atomic E-state index is -0.776. The molecule has 5 rings (SSSR count). The molecule has 3 aromatic carbocycles. The first-order valence-electron chi connectivity index (χ1n) is 12.1. The van der Waals surface area contributed by atoms with Crippen molar-refractivity contribution in [3.63, 3.8) is 0 Å². The molecule has 3 aromatic rings. The number of hydrogen-bond donors (Lipinski definition) is 1. The third-order valence-electron chi connectivity index (χ3n) is 6.16. The van der Waals surface area contributed by atoms with Crippen LogP contribution in [0.5, 0.6) is 17.2 Å². The zero-order valence-corrected chi connectivity index (χ0v) is 21.1. The number of benzene rings is 3. The minimum absolute atomic E-state index is 0.137. The van der Waals surface area contributed by atoms with E-state index >= 15 is 0 Å². The molecule has 0 atom stereocenters. The second-order valence-corrected chi connectivity index (χ2v) is 9.14. The third kappa shape index (κ3) is 5.01. The monoisotopic (exact) mass is 510 g/mol. The van der Waals surface area contributed by atoms with E-state index in [4.69, 9.17) is 14.2 Å². The molecule has 38 heavy (non-hydrogen) atoms. The van der Waals surface area contributed by atoms with Gasteiger partial charge >= 0.3 is 6.03 Å². The maximum atomic E-state index is 13.3. The number of nitrogens with one attached hydrogen (secondary N) is 1. The molecule has 2 aliphatic rings. The molecule has 2 aliphatic heterocycles. The number of fused-ring (bicyclic) bond motifs is 1. The molecule has 0 bridgehead atoms. The van der Waals surface area contributed by atoms with Crippen molar-refractivity contribution in [2.24, 2.45) is 0 Å². The second-order valence-electron chi connectivity index (χ2n) is 9.14. The Bertz CT molecular complexity index is 1490. The van der Waals surface area contributed by atoms with Gasteiger partial charge in [-0.3, -0.25) is 14.9 Å². The fourth-order valence-corrected chi connectivity index (χ4v) is 4.48. The zero-order chi connectivity index (χ0) is 26.8. The summed E-state index contributed by atoms with van der Waals surface area (Å²) in [6, 6.07) is 15.6. The number of aryl methyl sites for hydroxylation is 2. The van der Waals surface area contributed by atoms with E-state index in [-0.39, 0.29) is 12.4 Å². The summed E-state index contributed by atoms with van der Waals surface area (Å²) in [5.41, 5.74) is 4.43. The van der Waals surface area contributed by atoms with E-state index in [1.165, 1.54) is 6.08 Å². The van der Waals surface area contributed by atoms with E-state index in [2.05, 4.69) is 11.9 Å². The van der Waals surface area contributed by atoms with Crippen LogP contribution in [0.25, 0.3) is 6.08 Å². The summed E-state index contributed by atoms with van der Waals surface area (Å²) in [5.74, 6) is 0.614. The molecular formula is C30H26N2O6. The van der Waals surface area contributed by atoms with Crippen LogP contribution in [0.4, 0.5) is 10.5 Å². The van der Waals surface area contributed by atoms with Crippen LogP contribution in [-0.2, 0) is 22.6 Å². The van der Waals surface area contributed by atoms with Crippen molar-refractivity contribution < 1.29 is 28.6 Å². The number of imide groups is 2. The summed E-state index contributed by atoms with van der Waals surface area (Å²) in [4.78, 5) is 39.5. The van der Waals surface area contributed by atoms with Gasteiger partial charge in [-0.25, -0.2) is 9.69 Å². The number of allylic oxidation sites excluding steroid dienone is 1. The Kier molecular flexibility index (Phi) is 6.70. The van der Waals surface area contributed by atoms with E-state index in [0.29, 0.717) is 41.5 Å². The Morgan fingerprint density at radius 3 is 2.50 bits per heavy atom. The molecule has 192 valence electrons. The summed E-state index contributed by atoms with van der Waals surface area (Å²) in [6.07, 6.45) is 3.74. The standard InChI is InChI=1S/C30H26N2O6/c1-4-5-22-13-20(6-8-25(22)36-16-21-7-9-26-27(15-21)38-17-37-26)14-24-28(33)31-30(35)32(29(24)34)23-11-18(2)10-19(3)12-23/h4,6-15H,1,5,16-17H2,2-3H3,(H,31,33,35)/b24-14+. The lowest BCUT2D eigenvalue weighted by molar-refractivity contribution is -0.122. The van der Waals surface area contributed by atoms with Crippen LogP contribution in [0.15, 0.2) is 72.8 Å². The van der Waals surface area contributed by atoms with Crippen LogP contribution in [-0.4, -0.2) is 24.6 Å². The van der Waals surface area contributed by atoms with Crippen molar-refractivity contribution in [1.29, 1.82) is 0 Å². The van der Waals surface area contributed by atoms with E-state index in [1.54, 1.807) is 30.3 Å². The predicted molar refractivity (Wildman–Crippen MR) is 142 cm³/mol. The van der Waals surface area contributed by atoms with Gasteiger partial charge in [-0.1, -0.05) is 24.3 Å². The van der Waals surface area contributed by atoms with Gasteiger partial charge in [-0.05, 0) is 90.6 Å². The number of barbiturate groups is 1. The fraction of sp³-hybridized carbons (Fsp3) is 0.167. The number of rotatable bonds is 7. The van der Waals surface area contributed by atoms with Crippen molar-refractivity contribution in [3.05, 3.63) is 101 Å². The molecule has 0 unspecified atom stereocenters. The number of urea groups is 1. The van der Waals surface area contributed by atoms with Gasteiger partial charge in [0, 0.05) is 0 Å². The van der Waals surface area contributed by atoms with Gasteiger partial charge in [0.05, 0.1) is 5.69 Å². The van der Waals surface area contributed by atoms with E-state index in [1.807, 2.05) is 44.2 Å². The van der Waals surface area contributed by atoms with Gasteiger partial charge in [0.2, 0.25) is 6.79 Å². The van der Waals surface area contributed by atoms with E-state index in [0.717, 1.165) is 27.2 Å². The Morgan fingerprint density at radius 1 is 0.974 bits per heavy atom. The maximum Gasteiger partial charge on any atom is 0.335 e. The van der Waals surface area contributed by atoms with Crippen LogP contribution in [0.3, 0.4) is 0 Å². The Morgan fingerprint density at radius 2 is 1.74 bits per heavy atom. The summed E-state index contributed by atoms with van der Waals surface area (Å²) >= 11 is 0. The zero-order valence-electron chi connectivity index (χ0n) is 21.1. The first-order valence-corrected chi connectivity index (χ1v) is 12.1. The highest BCUT2D eigenvalue weighted by molar-refractivity contribution is 6.39. The third-order valence-corrected chi connectivity index (χ3v) is 6.16. The molecule has 0 spiro atoms. The van der Waals surface area contributed by atoms with E-state index < -0.39 is 17.8 Å². The number of amides is 4. The number of ether oxygens (including phenoxy) is 3. The van der Waals surface area contributed by atoms with E-state index in [9.17, 15) is 14.4 Å². The molecule has 1 N–H and O–H groups in total. The Labute approximate surface area is 220 Å². The second kappa shape index (κ2) is 10.3. The Balaban J connectivity index is 1.40. The highest BCUT2D eigenvalue weighted by Crippen LogP contribution is 2.33. The lowest BCUT2D eigenvalue weighted by Gasteiger charge is -2.27. The summed E-state index contributed by atoms with van der Waals surface area (Å²) in [5, 5.41) is 2.27. The highest BCUT2D eigenvalue weighted by atomic mass is 16.7. The molecule has 0 radical (unpaired) electrons. The molecule has 1 saturated heterocycles. The number of hydrogen-bond acceptors (Lipinski definition) is 6. The van der Waals surface area contributed by atoms with Crippen molar-refractivity contribution in [2.75, 3.05) is 11.7 Å². The molecule has 8 nitrogen and oxygen atoms in total. The quantitative estimate of drug-likeness (QED) is 0.273. The molecule has 4 amide bonds. The van der Waals surface area contributed by atoms with Crippen LogP contribution in [0, 0.1) is 13.8 Å². The largest absolute Gasteiger partial charge is 0.489 e. The molecule has 0 aromatic heterocycles. The van der Waals surface area contributed by atoms with Crippen molar-refractivity contribution in [2.45, 2.75) is 26.9 Å². The van der Waals surface area contributed by atoms with Crippen LogP contribution >= 0.6 is 0 Å². The van der Waals surface area contributed by atoms with Gasteiger partial charge in [0.25, 0.3) is 11.8 Å². The predicted octanol–water partition coefficient (Wildman–Crippen LogP) is 5.01. The van der Waals surface area contributed by atoms with Crippen LogP contribution in [0.2, 0.25) is 0 Å². The summed E-state index contributed by atoms with van der Waals surface area (Å²) < 4.78 is 16.9. The molecular weight excluding hydrogens is 484 g/mol. The van der Waals surface area contributed by atoms with Crippen molar-refractivity contribution in [3.8, 4) is 17.2 Å². The number of nitrogens with zero attached hydrogens (tertiary/aromatic N) is 1. The fourth-order valence-electron chi connectivity index (χ4n) is 4.48. The number of carbonyl (C=O) groups is 3. The van der Waals surface area contributed by atoms with Gasteiger partial charge in [-0.2, -0.15) is 0 Å². The SMILES string of the molecule is C=CCc1cc(/C=C2\C(=O)NC(=O)N(c3cc(C)cc(C)c3)C2=O)ccc1OCc1ccc2c(c1)OCO2. The molecule has 1 fully saturated rings. The smallest absolute Gasteiger partial charge is 0.335 e. The average Bonchev–Trinajstić information content (AvgIpc) is 3.33. The van der Waals surface area contributed by atoms with Gasteiger partial charge < -0.3 is 14.2 Å². The maximum absolute atomic E-state index is 13.3. The molecule has 8 heteroatoms. The minimum Gasteiger partial charge on any atom is -0.489 e. The molecule has 0 saturated carbocycles. The molecule has 0 aliphatic carbocycles. The topological polar surface area (TPSA) is 94.2 Å². The lowest BCUT2D eigenvalue weighted by Crippen LogP contribution is -2.54. The first kappa shape index (κ1) is 24.8. The van der Waals surface area contributed by atoms with Crippen molar-refractivity contribution in [1.82, 2.24) is 5.32 Å².